The SMILES string of the molecule is C=CC(=O)OCC1CC(=O)c2cc(Cl)ccc2S1. The van der Waals surface area contributed by atoms with Crippen LogP contribution in [0, 0.1) is 0 Å². The first kappa shape index (κ1) is 13.2. The number of Topliss-reactive ketones (excluding diaryl/α,β-unsaturated/α-hetero) is 1. The van der Waals surface area contributed by atoms with Crippen LogP contribution in [0.15, 0.2) is 35.7 Å². The predicted molar refractivity (Wildman–Crippen MR) is 71.2 cm³/mol. The van der Waals surface area contributed by atoms with E-state index in [1.807, 2.05) is 6.07 Å². The first-order valence-electron chi connectivity index (χ1n) is 5.38. The molecular weight excluding hydrogens is 272 g/mol. The molecule has 1 aromatic rings. The third-order valence-electron chi connectivity index (χ3n) is 2.53. The predicted octanol–water partition coefficient (Wildman–Crippen LogP) is 3.12. The van der Waals surface area contributed by atoms with E-state index in [9.17, 15) is 9.59 Å². The molecule has 0 aromatic heterocycles. The van der Waals surface area contributed by atoms with Gasteiger partial charge in [-0.2, -0.15) is 0 Å². The van der Waals surface area contributed by atoms with Crippen LogP contribution >= 0.6 is 23.4 Å². The van der Waals surface area contributed by atoms with Crippen LogP contribution < -0.4 is 0 Å². The first-order chi connectivity index (χ1) is 8.60. The van der Waals surface area contributed by atoms with Crippen molar-refractivity contribution in [3.63, 3.8) is 0 Å². The van der Waals surface area contributed by atoms with Crippen LogP contribution in [0.3, 0.4) is 0 Å². The van der Waals surface area contributed by atoms with Crippen LogP contribution in [-0.4, -0.2) is 23.6 Å². The third kappa shape index (κ3) is 2.94. The molecule has 0 saturated carbocycles. The lowest BCUT2D eigenvalue weighted by molar-refractivity contribution is -0.137. The molecule has 94 valence electrons. The molecule has 0 bridgehead atoms. The van der Waals surface area contributed by atoms with Crippen molar-refractivity contribution < 1.29 is 14.3 Å². The minimum atomic E-state index is -0.468. The van der Waals surface area contributed by atoms with Crippen LogP contribution in [-0.2, 0) is 9.53 Å². The molecule has 0 radical (unpaired) electrons. The number of halogens is 1. The molecule has 0 aliphatic carbocycles. The summed E-state index contributed by atoms with van der Waals surface area (Å²) in [5.74, 6) is -0.434. The number of carbonyl (C=O) groups is 2. The maximum Gasteiger partial charge on any atom is 0.330 e. The lowest BCUT2D eigenvalue weighted by Crippen LogP contribution is -2.23. The summed E-state index contributed by atoms with van der Waals surface area (Å²) < 4.78 is 4.96. The minimum absolute atomic E-state index is 0.0332. The highest BCUT2D eigenvalue weighted by Crippen LogP contribution is 2.36. The summed E-state index contributed by atoms with van der Waals surface area (Å²) in [6.45, 7) is 3.53. The average molecular weight is 283 g/mol. The van der Waals surface area contributed by atoms with Gasteiger partial charge in [-0.15, -0.1) is 11.8 Å². The molecule has 1 aliphatic rings. The Bertz CT molecular complexity index is 513. The Labute approximate surface area is 114 Å². The largest absolute Gasteiger partial charge is 0.461 e. The summed E-state index contributed by atoms with van der Waals surface area (Å²) in [4.78, 5) is 23.8. The molecule has 5 heteroatoms. The van der Waals surface area contributed by atoms with Gasteiger partial charge in [0.1, 0.15) is 6.61 Å². The van der Waals surface area contributed by atoms with Crippen LogP contribution in [0.2, 0.25) is 5.02 Å². The van der Waals surface area contributed by atoms with E-state index >= 15 is 0 Å². The highest BCUT2D eigenvalue weighted by Gasteiger charge is 2.26. The second-order valence-electron chi connectivity index (χ2n) is 3.84. The number of hydrogen-bond donors (Lipinski definition) is 0. The van der Waals surface area contributed by atoms with Crippen molar-refractivity contribution in [2.24, 2.45) is 0 Å². The van der Waals surface area contributed by atoms with Gasteiger partial charge in [0.2, 0.25) is 0 Å². The molecule has 1 heterocycles. The van der Waals surface area contributed by atoms with E-state index in [2.05, 4.69) is 6.58 Å². The van der Waals surface area contributed by atoms with Crippen molar-refractivity contribution in [2.75, 3.05) is 6.61 Å². The molecule has 3 nitrogen and oxygen atoms in total. The number of thioether (sulfide) groups is 1. The lowest BCUT2D eigenvalue weighted by Gasteiger charge is -2.22. The summed E-state index contributed by atoms with van der Waals surface area (Å²) >= 11 is 7.39. The number of esters is 1. The van der Waals surface area contributed by atoms with E-state index < -0.39 is 5.97 Å². The lowest BCUT2D eigenvalue weighted by atomic mass is 10.1. The summed E-state index contributed by atoms with van der Waals surface area (Å²) in [5, 5.41) is 0.509. The van der Waals surface area contributed by atoms with E-state index in [1.165, 1.54) is 11.8 Å². The van der Waals surface area contributed by atoms with E-state index in [0.717, 1.165) is 11.0 Å². The van der Waals surface area contributed by atoms with Crippen molar-refractivity contribution in [1.82, 2.24) is 0 Å². The summed E-state index contributed by atoms with van der Waals surface area (Å²) in [6, 6.07) is 5.25. The summed E-state index contributed by atoms with van der Waals surface area (Å²) in [5.41, 5.74) is 0.652. The number of ketones is 1. The maximum atomic E-state index is 11.9. The van der Waals surface area contributed by atoms with Gasteiger partial charge in [-0.3, -0.25) is 4.79 Å². The fourth-order valence-corrected chi connectivity index (χ4v) is 3.04. The zero-order valence-electron chi connectivity index (χ0n) is 9.52. The quantitative estimate of drug-likeness (QED) is 0.631. The van der Waals surface area contributed by atoms with Gasteiger partial charge < -0.3 is 4.74 Å². The second-order valence-corrected chi connectivity index (χ2v) is 5.62. The Kier molecular flexibility index (Phi) is 4.09. The van der Waals surface area contributed by atoms with Gasteiger partial charge in [-0.1, -0.05) is 18.2 Å². The summed E-state index contributed by atoms with van der Waals surface area (Å²) in [7, 11) is 0. The number of fused-ring (bicyclic) bond motifs is 1. The Morgan fingerprint density at radius 1 is 1.61 bits per heavy atom. The Hall–Kier alpha value is -1.26. The van der Waals surface area contributed by atoms with Crippen LogP contribution in [0.25, 0.3) is 0 Å². The van der Waals surface area contributed by atoms with Crippen molar-refractivity contribution in [3.8, 4) is 0 Å². The number of ether oxygens (including phenoxy) is 1. The maximum absolute atomic E-state index is 11.9. The molecular formula is C13H11ClO3S. The average Bonchev–Trinajstić information content (AvgIpc) is 2.37. The highest BCUT2D eigenvalue weighted by atomic mass is 35.5. The molecule has 1 aromatic carbocycles. The summed E-state index contributed by atoms with van der Waals surface area (Å²) in [6.07, 6.45) is 1.46. The van der Waals surface area contributed by atoms with Crippen LogP contribution in [0.5, 0.6) is 0 Å². The fourth-order valence-electron chi connectivity index (χ4n) is 1.69. The van der Waals surface area contributed by atoms with E-state index in [0.29, 0.717) is 17.0 Å². The van der Waals surface area contributed by atoms with Gasteiger partial charge in [0.25, 0.3) is 0 Å². The van der Waals surface area contributed by atoms with E-state index in [-0.39, 0.29) is 17.6 Å². The van der Waals surface area contributed by atoms with E-state index in [4.69, 9.17) is 16.3 Å². The topological polar surface area (TPSA) is 43.4 Å². The molecule has 0 amide bonds. The van der Waals surface area contributed by atoms with Crippen LogP contribution in [0.1, 0.15) is 16.8 Å². The van der Waals surface area contributed by atoms with Gasteiger partial charge in [-0.05, 0) is 18.2 Å². The number of benzene rings is 1. The first-order valence-corrected chi connectivity index (χ1v) is 6.64. The smallest absolute Gasteiger partial charge is 0.330 e. The van der Waals surface area contributed by atoms with E-state index in [1.54, 1.807) is 12.1 Å². The van der Waals surface area contributed by atoms with Gasteiger partial charge >= 0.3 is 5.97 Å². The Morgan fingerprint density at radius 2 is 2.39 bits per heavy atom. The van der Waals surface area contributed by atoms with Crippen LogP contribution in [0.4, 0.5) is 0 Å². The van der Waals surface area contributed by atoms with Crippen molar-refractivity contribution in [1.29, 1.82) is 0 Å². The van der Waals surface area contributed by atoms with Crippen molar-refractivity contribution in [3.05, 3.63) is 41.4 Å². The minimum Gasteiger partial charge on any atom is -0.461 e. The van der Waals surface area contributed by atoms with Gasteiger partial charge in [0, 0.05) is 28.0 Å². The standard InChI is InChI=1S/C13H11ClO3S/c1-2-13(16)17-7-9-6-11(15)10-5-8(14)3-4-12(10)18-9/h2-5,9H,1,6-7H2. The monoisotopic (exact) mass is 282 g/mol. The van der Waals surface area contributed by atoms with Gasteiger partial charge in [0.15, 0.2) is 5.78 Å². The molecule has 1 unspecified atom stereocenters. The normalized spacial score (nSPS) is 18.1. The number of carbonyl (C=O) groups excluding carboxylic acids is 2. The zero-order chi connectivity index (χ0) is 13.1. The van der Waals surface area contributed by atoms with Gasteiger partial charge in [0.05, 0.1) is 5.25 Å². The molecule has 0 saturated heterocycles. The number of rotatable bonds is 3. The molecule has 0 N–H and O–H groups in total. The molecule has 0 spiro atoms. The Balaban J connectivity index is 2.08. The molecule has 1 aliphatic heterocycles. The van der Waals surface area contributed by atoms with Gasteiger partial charge in [-0.25, -0.2) is 4.79 Å². The van der Waals surface area contributed by atoms with Crippen molar-refractivity contribution in [2.45, 2.75) is 16.6 Å². The second kappa shape index (κ2) is 5.59. The molecule has 2 rings (SSSR count). The van der Waals surface area contributed by atoms with Crippen molar-refractivity contribution >= 4 is 35.1 Å². The Morgan fingerprint density at radius 3 is 3.11 bits per heavy atom. The molecule has 1 atom stereocenters. The fraction of sp³-hybridized carbons (Fsp3) is 0.231. The highest BCUT2D eigenvalue weighted by molar-refractivity contribution is 8.00. The number of hydrogen-bond acceptors (Lipinski definition) is 4. The zero-order valence-corrected chi connectivity index (χ0v) is 11.1. The third-order valence-corrected chi connectivity index (χ3v) is 4.01. The molecule has 0 fully saturated rings. The molecule has 18 heavy (non-hydrogen) atoms.